The monoisotopic (exact) mass is 300 g/mol. The molecule has 21 heavy (non-hydrogen) atoms. The summed E-state index contributed by atoms with van der Waals surface area (Å²) in [5.41, 5.74) is 3.59. The molecule has 0 unspecified atom stereocenters. The molecule has 2 aromatic carbocycles. The molecule has 0 aliphatic carbocycles. The average Bonchev–Trinajstić information content (AvgIpc) is 2.47. The highest BCUT2D eigenvalue weighted by atomic mass is 35.5. The van der Waals surface area contributed by atoms with Crippen LogP contribution in [0.1, 0.15) is 18.1 Å². The van der Waals surface area contributed by atoms with Gasteiger partial charge in [0.15, 0.2) is 5.82 Å². The molecule has 1 aromatic heterocycles. The van der Waals surface area contributed by atoms with Gasteiger partial charge in [-0.05, 0) is 37.1 Å². The first-order chi connectivity index (χ1) is 10.1. The lowest BCUT2D eigenvalue weighted by Gasteiger charge is -2.09. The summed E-state index contributed by atoms with van der Waals surface area (Å²) in [6.07, 6.45) is 0.689. The first kappa shape index (κ1) is 14.0. The number of halogens is 2. The minimum atomic E-state index is -0.312. The molecule has 0 fully saturated rings. The molecule has 0 N–H and O–H groups in total. The summed E-state index contributed by atoms with van der Waals surface area (Å²) in [7, 11) is 0. The number of aryl methyl sites for hydroxylation is 2. The van der Waals surface area contributed by atoms with Gasteiger partial charge in [0.1, 0.15) is 11.0 Å². The van der Waals surface area contributed by atoms with Gasteiger partial charge in [-0.2, -0.15) is 0 Å². The van der Waals surface area contributed by atoms with Crippen molar-refractivity contribution in [2.75, 3.05) is 0 Å². The number of hydrogen-bond donors (Lipinski definition) is 0. The molecular weight excluding hydrogens is 287 g/mol. The molecule has 0 spiro atoms. The second-order valence-corrected chi connectivity index (χ2v) is 5.38. The molecule has 3 rings (SSSR count). The van der Waals surface area contributed by atoms with Crippen molar-refractivity contribution in [3.8, 4) is 11.4 Å². The Bertz CT molecular complexity index is 830. The molecule has 2 nitrogen and oxygen atoms in total. The van der Waals surface area contributed by atoms with E-state index in [-0.39, 0.29) is 11.0 Å². The van der Waals surface area contributed by atoms with Crippen LogP contribution in [0.2, 0.25) is 5.15 Å². The zero-order valence-electron chi connectivity index (χ0n) is 11.8. The van der Waals surface area contributed by atoms with E-state index in [9.17, 15) is 4.39 Å². The first-order valence-corrected chi connectivity index (χ1v) is 7.19. The van der Waals surface area contributed by atoms with E-state index < -0.39 is 0 Å². The summed E-state index contributed by atoms with van der Waals surface area (Å²) in [6, 6.07) is 10.8. The molecule has 106 valence electrons. The van der Waals surface area contributed by atoms with E-state index in [1.807, 2.05) is 38.1 Å². The first-order valence-electron chi connectivity index (χ1n) is 6.81. The largest absolute Gasteiger partial charge is 0.228 e. The summed E-state index contributed by atoms with van der Waals surface area (Å²) in [4.78, 5) is 8.91. The number of nitrogens with zero attached hydrogens (tertiary/aromatic N) is 2. The molecule has 0 radical (unpaired) electrons. The second-order valence-electron chi connectivity index (χ2n) is 5.02. The zero-order chi connectivity index (χ0) is 15.0. The summed E-state index contributed by atoms with van der Waals surface area (Å²) in [5.74, 6) is 0.255. The highest BCUT2D eigenvalue weighted by Crippen LogP contribution is 2.28. The van der Waals surface area contributed by atoms with Crippen molar-refractivity contribution in [3.63, 3.8) is 0 Å². The molecule has 4 heteroatoms. The van der Waals surface area contributed by atoms with Crippen LogP contribution in [0.15, 0.2) is 36.4 Å². The number of aromatic nitrogens is 2. The Morgan fingerprint density at radius 3 is 2.67 bits per heavy atom. The zero-order valence-corrected chi connectivity index (χ0v) is 12.6. The van der Waals surface area contributed by atoms with E-state index in [0.717, 1.165) is 22.2 Å². The fraction of sp³-hybridized carbons (Fsp3) is 0.176. The molecule has 1 heterocycles. The van der Waals surface area contributed by atoms with Gasteiger partial charge in [0.25, 0.3) is 0 Å². The predicted octanol–water partition coefficient (Wildman–Crippen LogP) is 4.96. The SMILES string of the molecule is CCc1cc(F)cc2c(Cl)nc(-c3cccc(C)c3)nc12. The predicted molar refractivity (Wildman–Crippen MR) is 84.1 cm³/mol. The van der Waals surface area contributed by atoms with Crippen LogP contribution in [-0.2, 0) is 6.42 Å². The van der Waals surface area contributed by atoms with Crippen LogP contribution in [0.5, 0.6) is 0 Å². The topological polar surface area (TPSA) is 25.8 Å². The van der Waals surface area contributed by atoms with Crippen LogP contribution in [0, 0.1) is 12.7 Å². The van der Waals surface area contributed by atoms with Crippen LogP contribution in [0.25, 0.3) is 22.3 Å². The van der Waals surface area contributed by atoms with Crippen molar-refractivity contribution in [2.45, 2.75) is 20.3 Å². The van der Waals surface area contributed by atoms with Gasteiger partial charge in [0.05, 0.1) is 5.52 Å². The van der Waals surface area contributed by atoms with Crippen LogP contribution >= 0.6 is 11.6 Å². The Labute approximate surface area is 127 Å². The van der Waals surface area contributed by atoms with Gasteiger partial charge in [0, 0.05) is 10.9 Å². The molecule has 0 saturated carbocycles. The molecule has 0 bridgehead atoms. The van der Waals surface area contributed by atoms with Crippen LogP contribution < -0.4 is 0 Å². The lowest BCUT2D eigenvalue weighted by molar-refractivity contribution is 0.627. The Balaban J connectivity index is 2.30. The molecule has 0 amide bonds. The number of benzene rings is 2. The molecule has 3 aromatic rings. The Kier molecular flexibility index (Phi) is 3.60. The van der Waals surface area contributed by atoms with Gasteiger partial charge in [-0.15, -0.1) is 0 Å². The number of hydrogen-bond acceptors (Lipinski definition) is 2. The molecule has 0 aliphatic heterocycles. The van der Waals surface area contributed by atoms with E-state index in [4.69, 9.17) is 11.6 Å². The highest BCUT2D eigenvalue weighted by molar-refractivity contribution is 6.34. The fourth-order valence-corrected chi connectivity index (χ4v) is 2.64. The summed E-state index contributed by atoms with van der Waals surface area (Å²) in [6.45, 7) is 3.98. The van der Waals surface area contributed by atoms with Gasteiger partial charge in [0.2, 0.25) is 0 Å². The van der Waals surface area contributed by atoms with Crippen molar-refractivity contribution >= 4 is 22.5 Å². The van der Waals surface area contributed by atoms with E-state index in [1.54, 1.807) is 0 Å². The van der Waals surface area contributed by atoms with E-state index >= 15 is 0 Å². The third-order valence-electron chi connectivity index (χ3n) is 3.45. The second kappa shape index (κ2) is 5.41. The maximum absolute atomic E-state index is 13.6. The van der Waals surface area contributed by atoms with Gasteiger partial charge >= 0.3 is 0 Å². The van der Waals surface area contributed by atoms with Crippen molar-refractivity contribution < 1.29 is 4.39 Å². The lowest BCUT2D eigenvalue weighted by atomic mass is 10.1. The van der Waals surface area contributed by atoms with Gasteiger partial charge in [-0.3, -0.25) is 0 Å². The molecule has 0 atom stereocenters. The smallest absolute Gasteiger partial charge is 0.161 e. The standard InChI is InChI=1S/C17H14ClFN2/c1-3-11-8-13(19)9-14-15(11)20-17(21-16(14)18)12-6-4-5-10(2)7-12/h4-9H,3H2,1-2H3. The van der Waals surface area contributed by atoms with Crippen LogP contribution in [0.3, 0.4) is 0 Å². The maximum atomic E-state index is 13.6. The quantitative estimate of drug-likeness (QED) is 0.625. The van der Waals surface area contributed by atoms with E-state index in [0.29, 0.717) is 17.6 Å². The van der Waals surface area contributed by atoms with E-state index in [1.165, 1.54) is 12.1 Å². The van der Waals surface area contributed by atoms with Gasteiger partial charge in [-0.1, -0.05) is 42.3 Å². The van der Waals surface area contributed by atoms with Crippen LogP contribution in [-0.4, -0.2) is 9.97 Å². The van der Waals surface area contributed by atoms with Crippen molar-refractivity contribution in [1.29, 1.82) is 0 Å². The number of fused-ring (bicyclic) bond motifs is 1. The third kappa shape index (κ3) is 2.61. The van der Waals surface area contributed by atoms with Gasteiger partial charge < -0.3 is 0 Å². The molecular formula is C17H14ClFN2. The van der Waals surface area contributed by atoms with Crippen molar-refractivity contribution in [2.24, 2.45) is 0 Å². The third-order valence-corrected chi connectivity index (χ3v) is 3.74. The average molecular weight is 301 g/mol. The number of rotatable bonds is 2. The van der Waals surface area contributed by atoms with Crippen molar-refractivity contribution in [3.05, 3.63) is 58.5 Å². The molecule has 0 aliphatic rings. The Hall–Kier alpha value is -2.00. The minimum absolute atomic E-state index is 0.283. The van der Waals surface area contributed by atoms with E-state index in [2.05, 4.69) is 9.97 Å². The molecule has 0 saturated heterocycles. The van der Waals surface area contributed by atoms with Gasteiger partial charge in [-0.25, -0.2) is 14.4 Å². The maximum Gasteiger partial charge on any atom is 0.161 e. The summed E-state index contributed by atoms with van der Waals surface area (Å²) in [5, 5.41) is 0.843. The lowest BCUT2D eigenvalue weighted by Crippen LogP contribution is -1.96. The Morgan fingerprint density at radius 2 is 1.95 bits per heavy atom. The van der Waals surface area contributed by atoms with Crippen LogP contribution in [0.4, 0.5) is 4.39 Å². The van der Waals surface area contributed by atoms with Crippen molar-refractivity contribution in [1.82, 2.24) is 9.97 Å². The summed E-state index contributed by atoms with van der Waals surface area (Å²) < 4.78 is 13.6. The normalized spacial score (nSPS) is 11.0. The highest BCUT2D eigenvalue weighted by Gasteiger charge is 2.12. The summed E-state index contributed by atoms with van der Waals surface area (Å²) >= 11 is 6.24. The Morgan fingerprint density at radius 1 is 1.14 bits per heavy atom. The fourth-order valence-electron chi connectivity index (χ4n) is 2.41. The minimum Gasteiger partial charge on any atom is -0.228 e.